The summed E-state index contributed by atoms with van der Waals surface area (Å²) in [5.74, 6) is -0.772. The van der Waals surface area contributed by atoms with Gasteiger partial charge in [0, 0.05) is 12.2 Å². The van der Waals surface area contributed by atoms with E-state index in [2.05, 4.69) is 10.6 Å². The summed E-state index contributed by atoms with van der Waals surface area (Å²) >= 11 is 0. The third-order valence-electron chi connectivity index (χ3n) is 3.52. The van der Waals surface area contributed by atoms with Gasteiger partial charge in [0.15, 0.2) is 0 Å². The standard InChI is InChI=1S/C15H20N2O3/c1-15(2,14(19)20-3)17-13(18)11-8-10-6-4-5-7-12(10)16-9-11/h4-7,11,16H,8-9H2,1-3H3,(H,17,18). The van der Waals surface area contributed by atoms with Crippen LogP contribution in [0.2, 0.25) is 0 Å². The third-order valence-corrected chi connectivity index (χ3v) is 3.52. The van der Waals surface area contributed by atoms with Crippen LogP contribution in [0.1, 0.15) is 19.4 Å². The van der Waals surface area contributed by atoms with Crippen molar-refractivity contribution in [2.45, 2.75) is 25.8 Å². The Morgan fingerprint density at radius 1 is 1.35 bits per heavy atom. The van der Waals surface area contributed by atoms with Crippen molar-refractivity contribution in [2.75, 3.05) is 19.0 Å². The zero-order valence-electron chi connectivity index (χ0n) is 12.0. The lowest BCUT2D eigenvalue weighted by atomic mass is 9.92. The summed E-state index contributed by atoms with van der Waals surface area (Å²) in [7, 11) is 1.31. The second-order valence-corrected chi connectivity index (χ2v) is 5.54. The smallest absolute Gasteiger partial charge is 0.330 e. The van der Waals surface area contributed by atoms with Crippen molar-refractivity contribution in [3.05, 3.63) is 29.8 Å². The molecular weight excluding hydrogens is 256 g/mol. The van der Waals surface area contributed by atoms with Gasteiger partial charge in [0.05, 0.1) is 13.0 Å². The van der Waals surface area contributed by atoms with Gasteiger partial charge in [0.2, 0.25) is 5.91 Å². The number of benzene rings is 1. The number of rotatable bonds is 3. The van der Waals surface area contributed by atoms with E-state index in [1.165, 1.54) is 7.11 Å². The quantitative estimate of drug-likeness (QED) is 0.818. The van der Waals surface area contributed by atoms with Crippen LogP contribution in [0.4, 0.5) is 5.69 Å². The van der Waals surface area contributed by atoms with Gasteiger partial charge in [-0.25, -0.2) is 4.79 Å². The lowest BCUT2D eigenvalue weighted by Gasteiger charge is -2.29. The predicted octanol–water partition coefficient (Wildman–Crippen LogP) is 1.34. The molecule has 1 unspecified atom stereocenters. The molecule has 0 aromatic heterocycles. The minimum atomic E-state index is -1.01. The average Bonchev–Trinajstić information content (AvgIpc) is 2.45. The molecule has 5 nitrogen and oxygen atoms in total. The van der Waals surface area contributed by atoms with Crippen molar-refractivity contribution in [2.24, 2.45) is 5.92 Å². The average molecular weight is 276 g/mol. The van der Waals surface area contributed by atoms with E-state index in [-0.39, 0.29) is 11.8 Å². The molecule has 0 radical (unpaired) electrons. The highest BCUT2D eigenvalue weighted by Crippen LogP contribution is 2.24. The third kappa shape index (κ3) is 2.92. The number of fused-ring (bicyclic) bond motifs is 1. The zero-order valence-corrected chi connectivity index (χ0v) is 12.0. The van der Waals surface area contributed by atoms with Gasteiger partial charge < -0.3 is 15.4 Å². The number of ether oxygens (including phenoxy) is 1. The first-order valence-corrected chi connectivity index (χ1v) is 6.66. The number of anilines is 1. The molecule has 0 saturated heterocycles. The number of esters is 1. The Labute approximate surface area is 118 Å². The van der Waals surface area contributed by atoms with E-state index in [9.17, 15) is 9.59 Å². The molecule has 108 valence electrons. The van der Waals surface area contributed by atoms with Crippen LogP contribution in [0.15, 0.2) is 24.3 Å². The van der Waals surface area contributed by atoms with Crippen LogP contribution in [0.5, 0.6) is 0 Å². The summed E-state index contributed by atoms with van der Waals surface area (Å²) < 4.78 is 4.69. The highest BCUT2D eigenvalue weighted by Gasteiger charge is 2.34. The molecule has 1 aliphatic rings. The van der Waals surface area contributed by atoms with Gasteiger partial charge in [0.1, 0.15) is 5.54 Å². The Balaban J connectivity index is 2.04. The molecule has 0 saturated carbocycles. The van der Waals surface area contributed by atoms with E-state index < -0.39 is 11.5 Å². The number of carbonyl (C=O) groups excluding carboxylic acids is 2. The zero-order chi connectivity index (χ0) is 14.8. The Bertz CT molecular complexity index is 526. The molecule has 0 fully saturated rings. The lowest BCUT2D eigenvalue weighted by molar-refractivity contribution is -0.149. The molecule has 1 heterocycles. The van der Waals surface area contributed by atoms with E-state index in [4.69, 9.17) is 4.74 Å². The number of nitrogens with one attached hydrogen (secondary N) is 2. The normalized spacial score (nSPS) is 17.6. The van der Waals surface area contributed by atoms with E-state index in [1.54, 1.807) is 13.8 Å². The number of methoxy groups -OCH3 is 1. The highest BCUT2D eigenvalue weighted by molar-refractivity contribution is 5.89. The lowest BCUT2D eigenvalue weighted by Crippen LogP contribution is -2.53. The van der Waals surface area contributed by atoms with E-state index >= 15 is 0 Å². The summed E-state index contributed by atoms with van der Waals surface area (Å²) in [6.07, 6.45) is 0.673. The van der Waals surface area contributed by atoms with Gasteiger partial charge in [-0.1, -0.05) is 18.2 Å². The maximum Gasteiger partial charge on any atom is 0.330 e. The molecule has 20 heavy (non-hydrogen) atoms. The molecule has 2 rings (SSSR count). The maximum absolute atomic E-state index is 12.3. The van der Waals surface area contributed by atoms with Gasteiger partial charge in [-0.05, 0) is 31.9 Å². The second kappa shape index (κ2) is 5.53. The Morgan fingerprint density at radius 3 is 2.75 bits per heavy atom. The van der Waals surface area contributed by atoms with Crippen LogP contribution in [0, 0.1) is 5.92 Å². The second-order valence-electron chi connectivity index (χ2n) is 5.54. The van der Waals surface area contributed by atoms with Gasteiger partial charge >= 0.3 is 5.97 Å². The van der Waals surface area contributed by atoms with Crippen LogP contribution in [-0.2, 0) is 20.7 Å². The van der Waals surface area contributed by atoms with Crippen molar-refractivity contribution < 1.29 is 14.3 Å². The molecule has 2 N–H and O–H groups in total. The summed E-state index contributed by atoms with van der Waals surface area (Å²) in [5.41, 5.74) is 1.18. The van der Waals surface area contributed by atoms with E-state index in [0.29, 0.717) is 13.0 Å². The van der Waals surface area contributed by atoms with Crippen molar-refractivity contribution in [1.82, 2.24) is 5.32 Å². The number of para-hydroxylation sites is 1. The monoisotopic (exact) mass is 276 g/mol. The summed E-state index contributed by atoms with van der Waals surface area (Å²) in [4.78, 5) is 23.9. The fourth-order valence-corrected chi connectivity index (χ4v) is 2.34. The molecule has 1 amide bonds. The first-order valence-electron chi connectivity index (χ1n) is 6.66. The van der Waals surface area contributed by atoms with Crippen LogP contribution in [0.3, 0.4) is 0 Å². The fraction of sp³-hybridized carbons (Fsp3) is 0.467. The minimum absolute atomic E-state index is 0.137. The van der Waals surface area contributed by atoms with Gasteiger partial charge in [-0.2, -0.15) is 0 Å². The predicted molar refractivity (Wildman–Crippen MR) is 76.4 cm³/mol. The van der Waals surface area contributed by atoms with Gasteiger partial charge in [0.25, 0.3) is 0 Å². The van der Waals surface area contributed by atoms with Gasteiger partial charge in [-0.3, -0.25) is 4.79 Å². The van der Waals surface area contributed by atoms with Crippen molar-refractivity contribution >= 4 is 17.6 Å². The molecule has 0 spiro atoms. The van der Waals surface area contributed by atoms with Crippen LogP contribution >= 0.6 is 0 Å². The summed E-state index contributed by atoms with van der Waals surface area (Å²) in [6.45, 7) is 3.85. The molecule has 1 atom stereocenters. The summed E-state index contributed by atoms with van der Waals surface area (Å²) in [6, 6.07) is 7.93. The Kier molecular flexibility index (Phi) is 3.97. The highest BCUT2D eigenvalue weighted by atomic mass is 16.5. The Hall–Kier alpha value is -2.04. The first kappa shape index (κ1) is 14.4. The number of hydrogen-bond donors (Lipinski definition) is 2. The Morgan fingerprint density at radius 2 is 2.05 bits per heavy atom. The molecule has 1 aliphatic heterocycles. The molecule has 1 aromatic rings. The molecular formula is C15H20N2O3. The molecule has 0 aliphatic carbocycles. The largest absolute Gasteiger partial charge is 0.467 e. The molecule has 5 heteroatoms. The minimum Gasteiger partial charge on any atom is -0.467 e. The van der Waals surface area contributed by atoms with Crippen molar-refractivity contribution in [3.63, 3.8) is 0 Å². The maximum atomic E-state index is 12.3. The van der Waals surface area contributed by atoms with Gasteiger partial charge in [-0.15, -0.1) is 0 Å². The van der Waals surface area contributed by atoms with Crippen LogP contribution in [0.25, 0.3) is 0 Å². The molecule has 1 aromatic carbocycles. The molecule has 0 bridgehead atoms. The summed E-state index contributed by atoms with van der Waals surface area (Å²) in [5, 5.41) is 6.00. The van der Waals surface area contributed by atoms with Crippen LogP contribution in [-0.4, -0.2) is 31.1 Å². The first-order chi connectivity index (χ1) is 9.44. The SMILES string of the molecule is COC(=O)C(C)(C)NC(=O)C1CNc2ccccc2C1. The van der Waals surface area contributed by atoms with E-state index in [0.717, 1.165) is 11.3 Å². The van der Waals surface area contributed by atoms with E-state index in [1.807, 2.05) is 24.3 Å². The van der Waals surface area contributed by atoms with Crippen molar-refractivity contribution in [3.8, 4) is 0 Å². The number of carbonyl (C=O) groups is 2. The topological polar surface area (TPSA) is 67.4 Å². The van der Waals surface area contributed by atoms with Crippen LogP contribution < -0.4 is 10.6 Å². The number of amides is 1. The fourth-order valence-electron chi connectivity index (χ4n) is 2.34. The number of hydrogen-bond acceptors (Lipinski definition) is 4. The van der Waals surface area contributed by atoms with Crippen molar-refractivity contribution in [1.29, 1.82) is 0 Å².